The Balaban J connectivity index is 1.50. The van der Waals surface area contributed by atoms with Crippen LogP contribution in [0.1, 0.15) is 11.5 Å². The Morgan fingerprint density at radius 3 is 2.04 bits per heavy atom. The van der Waals surface area contributed by atoms with Crippen LogP contribution in [0.25, 0.3) is 22.6 Å². The van der Waals surface area contributed by atoms with Crippen LogP contribution in [-0.4, -0.2) is 10.2 Å². The third kappa shape index (κ3) is 3.69. The van der Waals surface area contributed by atoms with Crippen molar-refractivity contribution in [3.63, 3.8) is 0 Å². The van der Waals surface area contributed by atoms with Crippen molar-refractivity contribution in [3.8, 4) is 22.6 Å². The summed E-state index contributed by atoms with van der Waals surface area (Å²) in [6.45, 7) is 0. The van der Waals surface area contributed by atoms with E-state index in [0.29, 0.717) is 18.2 Å². The predicted octanol–water partition coefficient (Wildman–Crippen LogP) is 5.76. The normalized spacial score (nSPS) is 10.8. The summed E-state index contributed by atoms with van der Waals surface area (Å²) in [4.78, 5) is 0. The third-order valence-electron chi connectivity index (χ3n) is 3.97. The second-order valence-electron chi connectivity index (χ2n) is 5.75. The molecule has 0 bridgehead atoms. The van der Waals surface area contributed by atoms with Crippen molar-refractivity contribution in [1.82, 2.24) is 10.2 Å². The molecule has 0 spiro atoms. The lowest BCUT2D eigenvalue weighted by molar-refractivity contribution is 0.518. The molecule has 0 saturated heterocycles. The van der Waals surface area contributed by atoms with Crippen molar-refractivity contribution in [3.05, 3.63) is 94.8 Å². The first-order chi connectivity index (χ1) is 12.3. The van der Waals surface area contributed by atoms with E-state index in [4.69, 9.17) is 4.42 Å². The lowest BCUT2D eigenvalue weighted by Crippen LogP contribution is -1.88. The van der Waals surface area contributed by atoms with E-state index in [9.17, 15) is 0 Å². The Kier molecular flexibility index (Phi) is 4.44. The Bertz CT molecular complexity index is 961. The molecule has 0 unspecified atom stereocenters. The van der Waals surface area contributed by atoms with Crippen LogP contribution in [-0.2, 0) is 6.42 Å². The lowest BCUT2D eigenvalue weighted by atomic mass is 10.0. The summed E-state index contributed by atoms with van der Waals surface area (Å²) in [5.41, 5.74) is 4.47. The molecule has 1 aromatic heterocycles. The molecule has 0 radical (unpaired) electrons. The van der Waals surface area contributed by atoms with E-state index in [-0.39, 0.29) is 0 Å². The predicted molar refractivity (Wildman–Crippen MR) is 102 cm³/mol. The first-order valence-electron chi connectivity index (χ1n) is 8.00. The van der Waals surface area contributed by atoms with Crippen molar-refractivity contribution >= 4 is 15.9 Å². The number of rotatable bonds is 4. The lowest BCUT2D eigenvalue weighted by Gasteiger charge is -2.03. The Morgan fingerprint density at radius 2 is 1.32 bits per heavy atom. The van der Waals surface area contributed by atoms with Crippen LogP contribution in [0.2, 0.25) is 0 Å². The standard InChI is InChI=1S/C21H15BrN2O/c22-19-12-10-18(11-13-19)21-24-23-20(25-21)14-15-6-8-17(9-7-15)16-4-2-1-3-5-16/h1-13H,14H2. The molecule has 0 aliphatic heterocycles. The summed E-state index contributed by atoms with van der Waals surface area (Å²) < 4.78 is 6.81. The SMILES string of the molecule is Brc1ccc(-c2nnc(Cc3ccc(-c4ccccc4)cc3)o2)cc1. The molecule has 0 atom stereocenters. The topological polar surface area (TPSA) is 38.9 Å². The van der Waals surface area contributed by atoms with Gasteiger partial charge in [-0.15, -0.1) is 10.2 Å². The summed E-state index contributed by atoms with van der Waals surface area (Å²) in [5, 5.41) is 8.31. The van der Waals surface area contributed by atoms with Crippen molar-refractivity contribution in [1.29, 1.82) is 0 Å². The smallest absolute Gasteiger partial charge is 0.247 e. The van der Waals surface area contributed by atoms with Gasteiger partial charge in [-0.25, -0.2) is 0 Å². The number of halogens is 1. The van der Waals surface area contributed by atoms with E-state index in [0.717, 1.165) is 15.6 Å². The highest BCUT2D eigenvalue weighted by molar-refractivity contribution is 9.10. The van der Waals surface area contributed by atoms with Crippen LogP contribution in [0.4, 0.5) is 0 Å². The van der Waals surface area contributed by atoms with Gasteiger partial charge in [-0.3, -0.25) is 0 Å². The molecule has 0 aliphatic carbocycles. The molecule has 4 rings (SSSR count). The Labute approximate surface area is 154 Å². The van der Waals surface area contributed by atoms with Gasteiger partial charge in [-0.2, -0.15) is 0 Å². The molecule has 1 heterocycles. The summed E-state index contributed by atoms with van der Waals surface area (Å²) in [6, 6.07) is 26.6. The van der Waals surface area contributed by atoms with E-state index < -0.39 is 0 Å². The second kappa shape index (κ2) is 7.03. The summed E-state index contributed by atoms with van der Waals surface area (Å²) >= 11 is 3.42. The summed E-state index contributed by atoms with van der Waals surface area (Å²) in [7, 11) is 0. The maximum Gasteiger partial charge on any atom is 0.247 e. The van der Waals surface area contributed by atoms with E-state index in [1.807, 2.05) is 42.5 Å². The minimum Gasteiger partial charge on any atom is -0.420 e. The maximum absolute atomic E-state index is 5.79. The molecule has 3 aromatic carbocycles. The largest absolute Gasteiger partial charge is 0.420 e. The highest BCUT2D eigenvalue weighted by Crippen LogP contribution is 2.23. The monoisotopic (exact) mass is 390 g/mol. The number of hydrogen-bond acceptors (Lipinski definition) is 3. The van der Waals surface area contributed by atoms with Crippen LogP contribution < -0.4 is 0 Å². The zero-order valence-corrected chi connectivity index (χ0v) is 15.0. The van der Waals surface area contributed by atoms with E-state index >= 15 is 0 Å². The van der Waals surface area contributed by atoms with Gasteiger partial charge in [-0.1, -0.05) is 70.5 Å². The molecule has 0 saturated carbocycles. The van der Waals surface area contributed by atoms with Gasteiger partial charge in [0, 0.05) is 10.0 Å². The Morgan fingerprint density at radius 1 is 0.680 bits per heavy atom. The van der Waals surface area contributed by atoms with E-state index in [2.05, 4.69) is 62.5 Å². The van der Waals surface area contributed by atoms with Gasteiger partial charge in [0.2, 0.25) is 11.8 Å². The van der Waals surface area contributed by atoms with Gasteiger partial charge in [0.1, 0.15) is 0 Å². The first kappa shape index (κ1) is 15.8. The summed E-state index contributed by atoms with van der Waals surface area (Å²) in [6.07, 6.45) is 0.624. The van der Waals surface area contributed by atoms with Gasteiger partial charge >= 0.3 is 0 Å². The van der Waals surface area contributed by atoms with Crippen LogP contribution in [0.15, 0.2) is 87.8 Å². The van der Waals surface area contributed by atoms with E-state index in [1.165, 1.54) is 11.1 Å². The molecule has 4 heteroatoms. The molecule has 0 amide bonds. The first-order valence-corrected chi connectivity index (χ1v) is 8.80. The molecule has 122 valence electrons. The minimum absolute atomic E-state index is 0.545. The number of nitrogens with zero attached hydrogens (tertiary/aromatic N) is 2. The number of benzene rings is 3. The molecule has 0 fully saturated rings. The summed E-state index contributed by atoms with van der Waals surface area (Å²) in [5.74, 6) is 1.16. The Hall–Kier alpha value is -2.72. The third-order valence-corrected chi connectivity index (χ3v) is 4.50. The van der Waals surface area contributed by atoms with Crippen LogP contribution in [0.3, 0.4) is 0 Å². The highest BCUT2D eigenvalue weighted by atomic mass is 79.9. The molecule has 25 heavy (non-hydrogen) atoms. The van der Waals surface area contributed by atoms with Crippen molar-refractivity contribution in [2.45, 2.75) is 6.42 Å². The molecule has 0 aliphatic rings. The fourth-order valence-corrected chi connectivity index (χ4v) is 2.92. The maximum atomic E-state index is 5.79. The fourth-order valence-electron chi connectivity index (χ4n) is 2.65. The average molecular weight is 391 g/mol. The average Bonchev–Trinajstić information content (AvgIpc) is 3.12. The van der Waals surface area contributed by atoms with Gasteiger partial charge < -0.3 is 4.42 Å². The van der Waals surface area contributed by atoms with Crippen molar-refractivity contribution in [2.75, 3.05) is 0 Å². The number of hydrogen-bond donors (Lipinski definition) is 0. The van der Waals surface area contributed by atoms with Gasteiger partial charge in [-0.05, 0) is 41.0 Å². The second-order valence-corrected chi connectivity index (χ2v) is 6.66. The zero-order valence-electron chi connectivity index (χ0n) is 13.4. The highest BCUT2D eigenvalue weighted by Gasteiger charge is 2.09. The van der Waals surface area contributed by atoms with Crippen molar-refractivity contribution in [2.24, 2.45) is 0 Å². The van der Waals surface area contributed by atoms with Crippen LogP contribution in [0.5, 0.6) is 0 Å². The van der Waals surface area contributed by atoms with Crippen LogP contribution in [0, 0.1) is 0 Å². The molecule has 4 aromatic rings. The van der Waals surface area contributed by atoms with Crippen LogP contribution >= 0.6 is 15.9 Å². The van der Waals surface area contributed by atoms with Gasteiger partial charge in [0.15, 0.2) is 0 Å². The van der Waals surface area contributed by atoms with Crippen molar-refractivity contribution < 1.29 is 4.42 Å². The minimum atomic E-state index is 0.545. The zero-order chi connectivity index (χ0) is 17.1. The molecule has 0 N–H and O–H groups in total. The van der Waals surface area contributed by atoms with Gasteiger partial charge in [0.25, 0.3) is 0 Å². The molecule has 3 nitrogen and oxygen atoms in total. The number of aromatic nitrogens is 2. The molecular formula is C21H15BrN2O. The fraction of sp³-hybridized carbons (Fsp3) is 0.0476. The van der Waals surface area contributed by atoms with Gasteiger partial charge in [0.05, 0.1) is 6.42 Å². The quantitative estimate of drug-likeness (QED) is 0.444. The van der Waals surface area contributed by atoms with E-state index in [1.54, 1.807) is 0 Å². The molecular weight excluding hydrogens is 376 g/mol.